The number of ether oxygens (including phenoxy) is 1. The number of methoxy groups -OCH3 is 1. The van der Waals surface area contributed by atoms with E-state index in [1.54, 1.807) is 7.11 Å². The number of halogens is 1. The molecule has 0 amide bonds. The fraction of sp³-hybridized carbons (Fsp3) is 0.500. The molecule has 0 N–H and O–H groups in total. The fourth-order valence-corrected chi connectivity index (χ4v) is 2.41. The van der Waals surface area contributed by atoms with Gasteiger partial charge in [-0.15, -0.1) is 0 Å². The fourth-order valence-electron chi connectivity index (χ4n) is 2.00. The molecule has 1 aliphatic rings. The Hall–Kier alpha value is -0.380. The molecule has 2 rings (SSSR count). The molecular weight excluding hydrogens is 254 g/mol. The Kier molecular flexibility index (Phi) is 3.78. The summed E-state index contributed by atoms with van der Waals surface area (Å²) in [5.41, 5.74) is 1.36. The monoisotopic (exact) mass is 269 g/mol. The molecule has 0 aromatic heterocycles. The Morgan fingerprint density at radius 3 is 2.93 bits per heavy atom. The van der Waals surface area contributed by atoms with E-state index in [0.29, 0.717) is 6.10 Å². The van der Waals surface area contributed by atoms with Crippen LogP contribution in [0.2, 0.25) is 0 Å². The lowest BCUT2D eigenvalue weighted by Gasteiger charge is -2.16. The van der Waals surface area contributed by atoms with E-state index in [4.69, 9.17) is 4.74 Å². The first-order valence-electron chi connectivity index (χ1n) is 5.28. The summed E-state index contributed by atoms with van der Waals surface area (Å²) in [5, 5.41) is 0. The van der Waals surface area contributed by atoms with Gasteiger partial charge in [0, 0.05) is 31.2 Å². The molecule has 0 unspecified atom stereocenters. The van der Waals surface area contributed by atoms with Crippen LogP contribution >= 0.6 is 15.9 Å². The zero-order valence-corrected chi connectivity index (χ0v) is 10.5. The van der Waals surface area contributed by atoms with Crippen molar-refractivity contribution in [3.05, 3.63) is 34.3 Å². The van der Waals surface area contributed by atoms with Gasteiger partial charge < -0.3 is 4.74 Å². The van der Waals surface area contributed by atoms with E-state index in [-0.39, 0.29) is 0 Å². The first kappa shape index (κ1) is 11.1. The number of rotatable bonds is 3. The normalized spacial score (nSPS) is 22.1. The number of likely N-dealkylation sites (tertiary alicyclic amines) is 1. The smallest absolute Gasteiger partial charge is 0.0710 e. The van der Waals surface area contributed by atoms with Crippen LogP contribution in [0, 0.1) is 0 Å². The van der Waals surface area contributed by atoms with Crippen molar-refractivity contribution in [3.8, 4) is 0 Å². The van der Waals surface area contributed by atoms with Crippen LogP contribution in [0.3, 0.4) is 0 Å². The molecule has 0 saturated carbocycles. The highest BCUT2D eigenvalue weighted by Gasteiger charge is 2.22. The Balaban J connectivity index is 1.96. The molecule has 1 saturated heterocycles. The van der Waals surface area contributed by atoms with Crippen LogP contribution in [-0.2, 0) is 11.3 Å². The number of benzene rings is 1. The summed E-state index contributed by atoms with van der Waals surface area (Å²) in [5.74, 6) is 0. The molecule has 1 fully saturated rings. The van der Waals surface area contributed by atoms with Gasteiger partial charge in [0.1, 0.15) is 0 Å². The van der Waals surface area contributed by atoms with Gasteiger partial charge >= 0.3 is 0 Å². The van der Waals surface area contributed by atoms with Crippen molar-refractivity contribution in [2.24, 2.45) is 0 Å². The van der Waals surface area contributed by atoms with E-state index < -0.39 is 0 Å². The highest BCUT2D eigenvalue weighted by Crippen LogP contribution is 2.20. The molecule has 1 aromatic carbocycles. The first-order valence-corrected chi connectivity index (χ1v) is 6.07. The highest BCUT2D eigenvalue weighted by atomic mass is 79.9. The highest BCUT2D eigenvalue weighted by molar-refractivity contribution is 9.10. The molecular formula is C12H16BrNO. The molecule has 0 aliphatic carbocycles. The van der Waals surface area contributed by atoms with Crippen LogP contribution in [0.5, 0.6) is 0 Å². The maximum Gasteiger partial charge on any atom is 0.0710 e. The molecule has 3 heteroatoms. The van der Waals surface area contributed by atoms with Crippen molar-refractivity contribution in [2.45, 2.75) is 19.1 Å². The minimum absolute atomic E-state index is 0.424. The van der Waals surface area contributed by atoms with E-state index in [2.05, 4.69) is 45.1 Å². The Labute approximate surface area is 99.4 Å². The number of nitrogens with zero attached hydrogens (tertiary/aromatic N) is 1. The predicted molar refractivity (Wildman–Crippen MR) is 64.8 cm³/mol. The SMILES string of the molecule is CO[C@H]1CCN(Cc2ccccc2Br)C1. The summed E-state index contributed by atoms with van der Waals surface area (Å²) in [6.07, 6.45) is 1.58. The summed E-state index contributed by atoms with van der Waals surface area (Å²) >= 11 is 3.58. The molecule has 1 heterocycles. The Bertz CT molecular complexity index is 329. The van der Waals surface area contributed by atoms with Crippen molar-refractivity contribution in [1.29, 1.82) is 0 Å². The van der Waals surface area contributed by atoms with Crippen molar-refractivity contribution >= 4 is 15.9 Å². The molecule has 0 bridgehead atoms. The van der Waals surface area contributed by atoms with E-state index in [1.165, 1.54) is 10.0 Å². The van der Waals surface area contributed by atoms with Crippen molar-refractivity contribution in [3.63, 3.8) is 0 Å². The molecule has 82 valence electrons. The second kappa shape index (κ2) is 5.10. The summed E-state index contributed by atoms with van der Waals surface area (Å²) in [7, 11) is 1.80. The Morgan fingerprint density at radius 1 is 1.47 bits per heavy atom. The van der Waals surface area contributed by atoms with Gasteiger partial charge in [0.25, 0.3) is 0 Å². The minimum Gasteiger partial charge on any atom is -0.380 e. The summed E-state index contributed by atoms with van der Waals surface area (Å²) in [4.78, 5) is 2.44. The maximum absolute atomic E-state index is 5.36. The maximum atomic E-state index is 5.36. The van der Waals surface area contributed by atoms with Crippen molar-refractivity contribution < 1.29 is 4.74 Å². The van der Waals surface area contributed by atoms with E-state index >= 15 is 0 Å². The van der Waals surface area contributed by atoms with Crippen molar-refractivity contribution in [1.82, 2.24) is 4.90 Å². The van der Waals surface area contributed by atoms with Crippen LogP contribution in [0.15, 0.2) is 28.7 Å². The largest absolute Gasteiger partial charge is 0.380 e. The van der Waals surface area contributed by atoms with Crippen molar-refractivity contribution in [2.75, 3.05) is 20.2 Å². The average Bonchev–Trinajstić information content (AvgIpc) is 2.69. The average molecular weight is 270 g/mol. The van der Waals surface area contributed by atoms with E-state index in [1.807, 2.05) is 0 Å². The predicted octanol–water partition coefficient (Wildman–Crippen LogP) is 2.67. The van der Waals surface area contributed by atoms with Gasteiger partial charge in [0.15, 0.2) is 0 Å². The topological polar surface area (TPSA) is 12.5 Å². The first-order chi connectivity index (χ1) is 7.29. The van der Waals surface area contributed by atoms with Gasteiger partial charge in [-0.25, -0.2) is 0 Å². The molecule has 1 aliphatic heterocycles. The standard InChI is InChI=1S/C12H16BrNO/c1-15-11-6-7-14(9-11)8-10-4-2-3-5-12(10)13/h2-5,11H,6-9H2,1H3/t11-/m0/s1. The van der Waals surface area contributed by atoms with Crippen LogP contribution in [0.25, 0.3) is 0 Å². The van der Waals surface area contributed by atoms with Gasteiger partial charge in [-0.1, -0.05) is 34.1 Å². The Morgan fingerprint density at radius 2 is 2.27 bits per heavy atom. The van der Waals surface area contributed by atoms with Crippen LogP contribution in [0.4, 0.5) is 0 Å². The lowest BCUT2D eigenvalue weighted by atomic mass is 10.2. The van der Waals surface area contributed by atoms with Gasteiger partial charge in [-0.05, 0) is 18.1 Å². The van der Waals surface area contributed by atoms with E-state index in [0.717, 1.165) is 26.1 Å². The summed E-state index contributed by atoms with van der Waals surface area (Å²) in [6, 6.07) is 8.41. The summed E-state index contributed by atoms with van der Waals surface area (Å²) < 4.78 is 6.56. The van der Waals surface area contributed by atoms with E-state index in [9.17, 15) is 0 Å². The molecule has 1 aromatic rings. The lowest BCUT2D eigenvalue weighted by Crippen LogP contribution is -2.22. The van der Waals surface area contributed by atoms with Crippen LogP contribution < -0.4 is 0 Å². The molecule has 0 spiro atoms. The van der Waals surface area contributed by atoms with Gasteiger partial charge in [-0.3, -0.25) is 4.90 Å². The number of hydrogen-bond acceptors (Lipinski definition) is 2. The second-order valence-electron chi connectivity index (χ2n) is 3.97. The zero-order chi connectivity index (χ0) is 10.7. The number of hydrogen-bond donors (Lipinski definition) is 0. The summed E-state index contributed by atoms with van der Waals surface area (Å²) in [6.45, 7) is 3.21. The lowest BCUT2D eigenvalue weighted by molar-refractivity contribution is 0.107. The minimum atomic E-state index is 0.424. The third-order valence-electron chi connectivity index (χ3n) is 2.91. The second-order valence-corrected chi connectivity index (χ2v) is 4.83. The van der Waals surface area contributed by atoms with Crippen LogP contribution in [-0.4, -0.2) is 31.2 Å². The van der Waals surface area contributed by atoms with Gasteiger partial charge in [0.05, 0.1) is 6.10 Å². The van der Waals surface area contributed by atoms with Gasteiger partial charge in [-0.2, -0.15) is 0 Å². The zero-order valence-electron chi connectivity index (χ0n) is 8.95. The quantitative estimate of drug-likeness (QED) is 0.837. The molecule has 2 nitrogen and oxygen atoms in total. The molecule has 1 atom stereocenters. The third kappa shape index (κ3) is 2.80. The molecule has 15 heavy (non-hydrogen) atoms. The van der Waals surface area contributed by atoms with Gasteiger partial charge in [0.2, 0.25) is 0 Å². The molecule has 0 radical (unpaired) electrons. The van der Waals surface area contributed by atoms with Crippen LogP contribution in [0.1, 0.15) is 12.0 Å². The third-order valence-corrected chi connectivity index (χ3v) is 3.69.